The number of fused-ring (bicyclic) bond motifs is 1. The van der Waals surface area contributed by atoms with Crippen molar-refractivity contribution in [2.24, 2.45) is 5.73 Å². The number of carbonyl (C=O) groups excluding carboxylic acids is 1. The molecule has 2 rings (SSSR count). The largest absolute Gasteiger partial charge is 0.468 e. The summed E-state index contributed by atoms with van der Waals surface area (Å²) >= 11 is 0. The van der Waals surface area contributed by atoms with Gasteiger partial charge in [0.05, 0.1) is 13.7 Å². The van der Waals surface area contributed by atoms with E-state index in [-0.39, 0.29) is 5.97 Å². The number of ether oxygens (including phenoxy) is 1. The number of carbonyl (C=O) groups is 1. The number of hydrogen-bond donors (Lipinski definition) is 1. The van der Waals surface area contributed by atoms with Gasteiger partial charge in [-0.3, -0.25) is 9.69 Å². The zero-order valence-corrected chi connectivity index (χ0v) is 9.17. The Balaban J connectivity index is 1.92. The molecule has 0 spiro atoms. The van der Waals surface area contributed by atoms with Crippen molar-refractivity contribution in [1.29, 1.82) is 0 Å². The summed E-state index contributed by atoms with van der Waals surface area (Å²) in [5.41, 5.74) is 5.69. The van der Waals surface area contributed by atoms with E-state index in [9.17, 15) is 4.79 Å². The zero-order chi connectivity index (χ0) is 11.5. The zero-order valence-electron chi connectivity index (χ0n) is 9.17. The predicted octanol–water partition coefficient (Wildman–Crippen LogP) is -1.41. The molecule has 1 aliphatic rings. The van der Waals surface area contributed by atoms with Gasteiger partial charge in [-0.15, -0.1) is 10.2 Å². The third-order valence-electron chi connectivity index (χ3n) is 2.68. The van der Waals surface area contributed by atoms with Crippen molar-refractivity contribution in [3.8, 4) is 0 Å². The van der Waals surface area contributed by atoms with E-state index in [0.29, 0.717) is 13.1 Å². The van der Waals surface area contributed by atoms with E-state index >= 15 is 0 Å². The fourth-order valence-corrected chi connectivity index (χ4v) is 1.78. The van der Waals surface area contributed by atoms with Crippen LogP contribution >= 0.6 is 0 Å². The number of methoxy groups -OCH3 is 1. The summed E-state index contributed by atoms with van der Waals surface area (Å²) in [4.78, 5) is 13.2. The van der Waals surface area contributed by atoms with Crippen LogP contribution in [0.2, 0.25) is 0 Å². The Bertz CT molecular complexity index is 378. The lowest BCUT2D eigenvalue weighted by molar-refractivity contribution is -0.142. The van der Waals surface area contributed by atoms with E-state index in [1.807, 2.05) is 4.57 Å². The van der Waals surface area contributed by atoms with E-state index in [1.54, 1.807) is 6.33 Å². The molecule has 7 nitrogen and oxygen atoms in total. The molecule has 1 unspecified atom stereocenters. The number of aromatic nitrogens is 3. The Morgan fingerprint density at radius 1 is 1.69 bits per heavy atom. The fraction of sp³-hybridized carbons (Fsp3) is 0.667. The van der Waals surface area contributed by atoms with Gasteiger partial charge in [0, 0.05) is 19.6 Å². The maximum absolute atomic E-state index is 11.2. The second-order valence-corrected chi connectivity index (χ2v) is 3.81. The van der Waals surface area contributed by atoms with E-state index in [1.165, 1.54) is 7.11 Å². The molecule has 0 fully saturated rings. The first kappa shape index (κ1) is 11.0. The van der Waals surface area contributed by atoms with Crippen LogP contribution in [-0.4, -0.2) is 51.9 Å². The Morgan fingerprint density at radius 2 is 2.50 bits per heavy atom. The summed E-state index contributed by atoms with van der Waals surface area (Å²) in [7, 11) is 1.34. The highest BCUT2D eigenvalue weighted by molar-refractivity contribution is 5.75. The molecule has 1 aromatic rings. The molecule has 0 saturated heterocycles. The molecule has 0 saturated carbocycles. The second-order valence-electron chi connectivity index (χ2n) is 3.81. The quantitative estimate of drug-likeness (QED) is 0.636. The van der Waals surface area contributed by atoms with Gasteiger partial charge in [0.1, 0.15) is 18.2 Å². The van der Waals surface area contributed by atoms with Crippen molar-refractivity contribution in [3.05, 3.63) is 12.2 Å². The van der Waals surface area contributed by atoms with Crippen LogP contribution in [0.25, 0.3) is 0 Å². The minimum Gasteiger partial charge on any atom is -0.468 e. The molecule has 0 aromatic carbocycles. The molecule has 0 aliphatic carbocycles. The van der Waals surface area contributed by atoms with E-state index in [4.69, 9.17) is 5.73 Å². The number of nitrogens with two attached hydrogens (primary N) is 1. The van der Waals surface area contributed by atoms with Crippen LogP contribution in [0.5, 0.6) is 0 Å². The van der Waals surface area contributed by atoms with Crippen molar-refractivity contribution in [1.82, 2.24) is 19.7 Å². The highest BCUT2D eigenvalue weighted by atomic mass is 16.5. The topological polar surface area (TPSA) is 86.3 Å². The minimum atomic E-state index is -0.598. The van der Waals surface area contributed by atoms with Crippen molar-refractivity contribution in [2.45, 2.75) is 19.1 Å². The number of rotatable bonds is 3. The van der Waals surface area contributed by atoms with E-state index in [2.05, 4.69) is 19.8 Å². The van der Waals surface area contributed by atoms with Gasteiger partial charge in [0.15, 0.2) is 0 Å². The van der Waals surface area contributed by atoms with E-state index in [0.717, 1.165) is 18.9 Å². The van der Waals surface area contributed by atoms with Crippen LogP contribution < -0.4 is 5.73 Å². The maximum atomic E-state index is 11.2. The molecule has 1 aromatic heterocycles. The summed E-state index contributed by atoms with van der Waals surface area (Å²) in [6, 6.07) is -0.598. The standard InChI is InChI=1S/C9H15N5O2/c1-16-9(15)7(10)4-13-2-3-14-6-11-12-8(14)5-13/h6-7H,2-5,10H2,1H3. The van der Waals surface area contributed by atoms with Gasteiger partial charge in [0.2, 0.25) is 0 Å². The lowest BCUT2D eigenvalue weighted by Crippen LogP contribution is -2.45. The molecular formula is C9H15N5O2. The third kappa shape index (κ3) is 2.20. The number of esters is 1. The molecule has 16 heavy (non-hydrogen) atoms. The van der Waals surface area contributed by atoms with Crippen LogP contribution in [-0.2, 0) is 22.6 Å². The van der Waals surface area contributed by atoms with Gasteiger partial charge in [-0.2, -0.15) is 0 Å². The summed E-state index contributed by atoms with van der Waals surface area (Å²) in [5.74, 6) is 0.523. The van der Waals surface area contributed by atoms with Crippen molar-refractivity contribution >= 4 is 5.97 Å². The Hall–Kier alpha value is -1.47. The smallest absolute Gasteiger partial charge is 0.323 e. The van der Waals surface area contributed by atoms with Gasteiger partial charge in [-0.25, -0.2) is 0 Å². The molecule has 1 atom stereocenters. The van der Waals surface area contributed by atoms with Crippen LogP contribution in [0.4, 0.5) is 0 Å². The molecule has 7 heteroatoms. The lowest BCUT2D eigenvalue weighted by Gasteiger charge is -2.28. The van der Waals surface area contributed by atoms with Crippen LogP contribution in [0.3, 0.4) is 0 Å². The average molecular weight is 225 g/mol. The minimum absolute atomic E-state index is 0.382. The third-order valence-corrected chi connectivity index (χ3v) is 2.68. The molecular weight excluding hydrogens is 210 g/mol. The highest BCUT2D eigenvalue weighted by Gasteiger charge is 2.22. The van der Waals surface area contributed by atoms with Gasteiger partial charge in [-0.1, -0.05) is 0 Å². The molecule has 0 amide bonds. The SMILES string of the molecule is COC(=O)C(N)CN1CCn2cnnc2C1. The van der Waals surface area contributed by atoms with E-state index < -0.39 is 6.04 Å². The Kier molecular flexibility index (Phi) is 3.16. The molecule has 2 N–H and O–H groups in total. The van der Waals surface area contributed by atoms with Gasteiger partial charge in [-0.05, 0) is 0 Å². The van der Waals surface area contributed by atoms with Crippen LogP contribution in [0.1, 0.15) is 5.82 Å². The Labute approximate surface area is 93.2 Å². The first-order valence-corrected chi connectivity index (χ1v) is 5.13. The maximum Gasteiger partial charge on any atom is 0.323 e. The summed E-state index contributed by atoms with van der Waals surface area (Å²) in [5, 5.41) is 7.83. The van der Waals surface area contributed by atoms with Gasteiger partial charge in [0.25, 0.3) is 0 Å². The van der Waals surface area contributed by atoms with Crippen molar-refractivity contribution < 1.29 is 9.53 Å². The second kappa shape index (κ2) is 4.58. The Morgan fingerprint density at radius 3 is 3.25 bits per heavy atom. The summed E-state index contributed by atoms with van der Waals surface area (Å²) in [6.45, 7) is 2.83. The lowest BCUT2D eigenvalue weighted by atomic mass is 10.2. The molecule has 1 aliphatic heterocycles. The first-order chi connectivity index (χ1) is 7.70. The predicted molar refractivity (Wildman–Crippen MR) is 55.3 cm³/mol. The fourth-order valence-electron chi connectivity index (χ4n) is 1.78. The number of nitrogens with zero attached hydrogens (tertiary/aromatic N) is 4. The normalized spacial score (nSPS) is 17.9. The highest BCUT2D eigenvalue weighted by Crippen LogP contribution is 2.08. The molecule has 2 heterocycles. The van der Waals surface area contributed by atoms with Crippen LogP contribution in [0, 0.1) is 0 Å². The molecule has 0 bridgehead atoms. The summed E-state index contributed by atoms with van der Waals surface area (Å²) < 4.78 is 6.58. The monoisotopic (exact) mass is 225 g/mol. The molecule has 88 valence electrons. The number of hydrogen-bond acceptors (Lipinski definition) is 6. The average Bonchev–Trinajstić information content (AvgIpc) is 2.75. The summed E-state index contributed by atoms with van der Waals surface area (Å²) in [6.07, 6.45) is 1.72. The van der Waals surface area contributed by atoms with Crippen molar-refractivity contribution in [2.75, 3.05) is 20.2 Å². The van der Waals surface area contributed by atoms with Crippen molar-refractivity contribution in [3.63, 3.8) is 0 Å². The van der Waals surface area contributed by atoms with Gasteiger partial charge >= 0.3 is 5.97 Å². The van der Waals surface area contributed by atoms with Gasteiger partial charge < -0.3 is 15.0 Å². The molecule has 0 radical (unpaired) electrons. The first-order valence-electron chi connectivity index (χ1n) is 5.13. The van der Waals surface area contributed by atoms with Crippen LogP contribution in [0.15, 0.2) is 6.33 Å².